The number of fused-ring (bicyclic) bond motifs is 6. The van der Waals surface area contributed by atoms with Crippen LogP contribution in [0.15, 0.2) is 47.5 Å². The molecule has 2 aliphatic heterocycles. The van der Waals surface area contributed by atoms with Crippen LogP contribution >= 0.6 is 68.0 Å². The van der Waals surface area contributed by atoms with E-state index in [4.69, 9.17) is 0 Å². The summed E-state index contributed by atoms with van der Waals surface area (Å²) in [6, 6.07) is 13.7. The molecule has 2 aliphatic rings. The molecule has 0 radical (unpaired) electrons. The summed E-state index contributed by atoms with van der Waals surface area (Å²) in [6.45, 7) is 15.0. The lowest BCUT2D eigenvalue weighted by Crippen LogP contribution is -2.34. The number of hydrogen-bond acceptors (Lipinski definition) is 8. The van der Waals surface area contributed by atoms with E-state index in [1.807, 2.05) is 45.3 Å². The van der Waals surface area contributed by atoms with Gasteiger partial charge in [-0.2, -0.15) is 0 Å². The summed E-state index contributed by atoms with van der Waals surface area (Å²) in [4.78, 5) is 43.3. The number of nitrogens with zero attached hydrogens (tertiary/aromatic N) is 2. The van der Waals surface area contributed by atoms with Crippen LogP contribution in [-0.4, -0.2) is 34.7 Å². The quantitative estimate of drug-likeness (QED) is 0.0361. The summed E-state index contributed by atoms with van der Waals surface area (Å²) in [6.07, 6.45) is 40.8. The molecule has 2 atom stereocenters. The Morgan fingerprint density at radius 1 is 0.368 bits per heavy atom. The van der Waals surface area contributed by atoms with Gasteiger partial charge in [-0.3, -0.25) is 9.59 Å². The highest BCUT2D eigenvalue weighted by molar-refractivity contribution is 7.50. The van der Waals surface area contributed by atoms with E-state index < -0.39 is 0 Å². The lowest BCUT2D eigenvalue weighted by molar-refractivity contribution is -0.124. The normalized spacial score (nSPS) is 15.0. The minimum Gasteiger partial charge on any atom is -0.306 e. The van der Waals surface area contributed by atoms with Crippen molar-refractivity contribution in [3.05, 3.63) is 67.1 Å². The minimum absolute atomic E-state index is 0.0585. The van der Waals surface area contributed by atoms with Gasteiger partial charge in [0.15, 0.2) is 0 Å². The summed E-state index contributed by atoms with van der Waals surface area (Å²) >= 11 is 11.3. The van der Waals surface area contributed by atoms with Gasteiger partial charge in [-0.15, -0.1) is 68.0 Å². The molecule has 0 N–H and O–H groups in total. The molecule has 6 aromatic rings. The Labute approximate surface area is 483 Å². The predicted molar refractivity (Wildman–Crippen MR) is 342 cm³/mol. The van der Waals surface area contributed by atoms with Crippen molar-refractivity contribution in [1.29, 1.82) is 0 Å². The molecule has 0 aliphatic carbocycles. The largest absolute Gasteiger partial charge is 0.306 e. The first-order valence-corrected chi connectivity index (χ1v) is 35.8. The number of unbranched alkanes of at least 4 members (excludes halogenated alkanes) is 24. The molecule has 0 fully saturated rings. The Morgan fingerprint density at radius 3 is 1.16 bits per heavy atom. The molecule has 0 aromatic carbocycles. The van der Waals surface area contributed by atoms with E-state index in [0.29, 0.717) is 36.1 Å². The number of hydrogen-bond donors (Lipinski definition) is 0. The molecular formula is C66H94N2O2S6. The van der Waals surface area contributed by atoms with Crippen molar-refractivity contribution in [2.24, 2.45) is 11.8 Å². The maximum atomic E-state index is 15.9. The lowest BCUT2D eigenvalue weighted by Gasteiger charge is -2.29. The van der Waals surface area contributed by atoms with Crippen molar-refractivity contribution in [3.8, 4) is 9.75 Å². The van der Waals surface area contributed by atoms with Crippen molar-refractivity contribution < 1.29 is 9.59 Å². The van der Waals surface area contributed by atoms with Gasteiger partial charge in [0.25, 0.3) is 11.8 Å². The van der Waals surface area contributed by atoms with Gasteiger partial charge in [0.2, 0.25) is 0 Å². The molecule has 0 saturated heterocycles. The highest BCUT2D eigenvalue weighted by atomic mass is 32.2. The van der Waals surface area contributed by atoms with Crippen LogP contribution in [0.4, 0.5) is 0 Å². The summed E-state index contributed by atoms with van der Waals surface area (Å²) < 4.78 is 5.68. The van der Waals surface area contributed by atoms with Gasteiger partial charge < -0.3 is 9.80 Å². The molecular weight excluding hydrogens is 1050 g/mol. The fourth-order valence-electron chi connectivity index (χ4n) is 12.2. The van der Waals surface area contributed by atoms with E-state index in [1.54, 1.807) is 22.7 Å². The number of carbonyl (C=O) groups excluding carboxylic acids is 2. The van der Waals surface area contributed by atoms with Crippen LogP contribution < -0.4 is 0 Å². The Morgan fingerprint density at radius 2 is 0.737 bits per heavy atom. The molecule has 2 unspecified atom stereocenters. The fraction of sp³-hybridized carbons (Fsp3) is 0.636. The first-order chi connectivity index (χ1) is 37.2. The maximum Gasteiger partial charge on any atom is 0.261 e. The third-order valence-corrected chi connectivity index (χ3v) is 23.9. The van der Waals surface area contributed by atoms with E-state index in [-0.39, 0.29) is 11.8 Å². The van der Waals surface area contributed by atoms with Crippen molar-refractivity contribution in [2.75, 3.05) is 13.1 Å². The third-order valence-electron chi connectivity index (χ3n) is 16.6. The molecule has 2 amide bonds. The zero-order valence-electron chi connectivity index (χ0n) is 47.8. The summed E-state index contributed by atoms with van der Waals surface area (Å²) in [7, 11) is 0. The summed E-state index contributed by atoms with van der Waals surface area (Å²) in [5, 5.41) is 2.80. The smallest absolute Gasteiger partial charge is 0.261 e. The second kappa shape index (κ2) is 30.8. The van der Waals surface area contributed by atoms with Crippen molar-refractivity contribution in [1.82, 2.24) is 9.80 Å². The van der Waals surface area contributed by atoms with Gasteiger partial charge in [0, 0.05) is 43.4 Å². The Kier molecular flexibility index (Phi) is 24.2. The van der Waals surface area contributed by atoms with Gasteiger partial charge in [0.1, 0.15) is 0 Å². The van der Waals surface area contributed by atoms with Gasteiger partial charge in [0.05, 0.1) is 49.7 Å². The second-order valence-corrected chi connectivity index (χ2v) is 30.2. The van der Waals surface area contributed by atoms with Crippen molar-refractivity contribution >= 4 is 119 Å². The third kappa shape index (κ3) is 15.4. The second-order valence-electron chi connectivity index (χ2n) is 23.0. The predicted octanol–water partition coefficient (Wildman–Crippen LogP) is 23.4. The summed E-state index contributed by atoms with van der Waals surface area (Å²) in [5.74, 6) is 0.920. The molecule has 76 heavy (non-hydrogen) atoms. The number of carbonyl (C=O) groups is 2. The number of thiophene rings is 6. The van der Waals surface area contributed by atoms with E-state index in [1.165, 1.54) is 227 Å². The van der Waals surface area contributed by atoms with E-state index in [0.717, 1.165) is 46.8 Å². The standard InChI is InChI=1S/C66H94N2O2S6/c1-7-11-15-19-23-25-29-33-37-49(35-31-27-21-17-13-9-3)45-67-59(54-40-39-47(5)71-54)57-58(64(67)70)60(68(63(57)69)46-50(36-32-28-22-18-14-10-4)38-34-30-26-24-20-16-12-8-2)55-42-41-53(73-55)56-44-52-62-61(76-66(52)74-56)51-43-48(6)72-65(51)75-62/h39-44,49-50H,7-38,45-46H2,1-6H3. The average Bonchev–Trinajstić information content (AvgIpc) is 4.43. The average molecular weight is 1140 g/mol. The first-order valence-electron chi connectivity index (χ1n) is 30.9. The highest BCUT2D eigenvalue weighted by Gasteiger charge is 2.50. The van der Waals surface area contributed by atoms with Crippen LogP contribution in [0, 0.1) is 25.7 Å². The van der Waals surface area contributed by atoms with Gasteiger partial charge in [-0.25, -0.2) is 0 Å². The molecule has 0 spiro atoms. The fourth-order valence-corrected chi connectivity index (χ4v) is 19.8. The number of amides is 2. The minimum atomic E-state index is 0.0585. The molecule has 6 aromatic heterocycles. The molecule has 0 bridgehead atoms. The van der Waals surface area contributed by atoms with Crippen LogP contribution in [0.5, 0.6) is 0 Å². The molecule has 4 nitrogen and oxygen atoms in total. The SMILES string of the molecule is CCCCCCCCCCC(CCCCCCCC)CN1C(=O)C2=C(c3ccc(-c4cc5c(s4)sc4c6cc(C)sc6sc54)s3)N(CC(CCCCCCCC)CCCCCCCCCC)C(=O)C2=C1c1ccc(C)s1. The maximum absolute atomic E-state index is 15.9. The van der Waals surface area contributed by atoms with Gasteiger partial charge in [-0.05, 0) is 87.8 Å². The van der Waals surface area contributed by atoms with E-state index in [9.17, 15) is 0 Å². The zero-order chi connectivity index (χ0) is 53.2. The van der Waals surface area contributed by atoms with E-state index in [2.05, 4.69) is 87.7 Å². The van der Waals surface area contributed by atoms with Crippen LogP contribution in [0.2, 0.25) is 0 Å². The Hall–Kier alpha value is -2.60. The van der Waals surface area contributed by atoms with Crippen molar-refractivity contribution in [3.63, 3.8) is 0 Å². The molecule has 8 heterocycles. The van der Waals surface area contributed by atoms with Gasteiger partial charge in [-0.1, -0.05) is 207 Å². The molecule has 0 saturated carbocycles. The molecule has 8 rings (SSSR count). The lowest BCUT2D eigenvalue weighted by atomic mass is 9.93. The van der Waals surface area contributed by atoms with Crippen molar-refractivity contribution in [2.45, 2.75) is 247 Å². The summed E-state index contributed by atoms with van der Waals surface area (Å²) in [5.41, 5.74) is 3.15. The number of aryl methyl sites for hydroxylation is 2. The zero-order valence-corrected chi connectivity index (χ0v) is 52.7. The Bertz CT molecular complexity index is 2800. The topological polar surface area (TPSA) is 40.6 Å². The Balaban J connectivity index is 1.13. The van der Waals surface area contributed by atoms with Crippen LogP contribution in [0.1, 0.15) is 253 Å². The first kappa shape index (κ1) is 59.5. The molecule has 10 heteroatoms. The van der Waals surface area contributed by atoms with E-state index >= 15 is 9.59 Å². The van der Waals surface area contributed by atoms with Gasteiger partial charge >= 0.3 is 0 Å². The van der Waals surface area contributed by atoms with Crippen LogP contribution in [0.25, 0.3) is 49.3 Å². The van der Waals surface area contributed by atoms with Crippen LogP contribution in [-0.2, 0) is 9.59 Å². The number of rotatable bonds is 39. The highest BCUT2D eigenvalue weighted by Crippen LogP contribution is 2.53. The molecule has 416 valence electrons. The monoisotopic (exact) mass is 1140 g/mol. The van der Waals surface area contributed by atoms with Crippen LogP contribution in [0.3, 0.4) is 0 Å².